The number of carbonyl (C=O) groups is 3. The maximum absolute atomic E-state index is 13.8. The molecule has 2 saturated heterocycles. The molecule has 0 radical (unpaired) electrons. The Bertz CT molecular complexity index is 1130. The van der Waals surface area contributed by atoms with Crippen molar-refractivity contribution in [3.05, 3.63) is 71.8 Å². The van der Waals surface area contributed by atoms with Crippen LogP contribution >= 0.6 is 0 Å². The van der Waals surface area contributed by atoms with E-state index in [0.717, 1.165) is 11.1 Å². The van der Waals surface area contributed by atoms with E-state index < -0.39 is 35.3 Å². The van der Waals surface area contributed by atoms with Gasteiger partial charge in [0.2, 0.25) is 0 Å². The Morgan fingerprint density at radius 3 is 2.13 bits per heavy atom. The molecule has 38 heavy (non-hydrogen) atoms. The van der Waals surface area contributed by atoms with E-state index in [1.54, 1.807) is 32.6 Å². The highest BCUT2D eigenvalue weighted by atomic mass is 16.6. The average molecular weight is 523 g/mol. The van der Waals surface area contributed by atoms with E-state index in [9.17, 15) is 14.4 Å². The quantitative estimate of drug-likeness (QED) is 0.369. The molecule has 8 heteroatoms. The zero-order valence-electron chi connectivity index (χ0n) is 22.9. The van der Waals surface area contributed by atoms with E-state index in [2.05, 4.69) is 0 Å². The Morgan fingerprint density at radius 1 is 1.00 bits per heavy atom. The highest BCUT2D eigenvalue weighted by molar-refractivity contribution is 5.99. The van der Waals surface area contributed by atoms with Crippen molar-refractivity contribution in [2.24, 2.45) is 0 Å². The molecule has 0 saturated carbocycles. The van der Waals surface area contributed by atoms with Crippen LogP contribution in [0.15, 0.2) is 60.7 Å². The first-order valence-corrected chi connectivity index (χ1v) is 13.2. The second-order valence-electron chi connectivity index (χ2n) is 11.2. The van der Waals surface area contributed by atoms with Crippen LogP contribution in [0.5, 0.6) is 0 Å². The molecule has 2 aromatic carbocycles. The van der Waals surface area contributed by atoms with Crippen LogP contribution in [0.3, 0.4) is 0 Å². The van der Waals surface area contributed by atoms with Crippen molar-refractivity contribution in [3.8, 4) is 0 Å². The molecule has 1 spiro atoms. The Hall–Kier alpha value is -3.39. The maximum atomic E-state index is 13.8. The van der Waals surface area contributed by atoms with Gasteiger partial charge in [0.05, 0.1) is 19.3 Å². The van der Waals surface area contributed by atoms with Crippen LogP contribution in [0, 0.1) is 0 Å². The number of amides is 2. The molecule has 204 valence electrons. The van der Waals surface area contributed by atoms with Gasteiger partial charge in [0, 0.05) is 6.04 Å². The first kappa shape index (κ1) is 27.6. The molecule has 0 aliphatic carbocycles. The molecule has 2 heterocycles. The Balaban J connectivity index is 1.52. The van der Waals surface area contributed by atoms with Crippen LogP contribution < -0.4 is 0 Å². The topological polar surface area (TPSA) is 85.4 Å². The second kappa shape index (κ2) is 11.2. The number of rotatable bonds is 8. The predicted octanol–water partition coefficient (Wildman–Crippen LogP) is 4.70. The molecule has 2 aromatic rings. The fraction of sp³-hybridized carbons (Fsp3) is 0.500. The molecular weight excluding hydrogens is 484 g/mol. The third-order valence-corrected chi connectivity index (χ3v) is 7.16. The van der Waals surface area contributed by atoms with Gasteiger partial charge in [0.1, 0.15) is 17.7 Å². The average Bonchev–Trinajstić information content (AvgIpc) is 3.24. The summed E-state index contributed by atoms with van der Waals surface area (Å²) >= 11 is 0. The van der Waals surface area contributed by atoms with Gasteiger partial charge >= 0.3 is 12.1 Å². The van der Waals surface area contributed by atoms with E-state index in [4.69, 9.17) is 14.2 Å². The molecule has 2 amide bonds. The number of hydrogen-bond donors (Lipinski definition) is 0. The van der Waals surface area contributed by atoms with Crippen LogP contribution in [0.1, 0.15) is 58.6 Å². The highest BCUT2D eigenvalue weighted by Crippen LogP contribution is 2.44. The van der Waals surface area contributed by atoms with E-state index in [-0.39, 0.29) is 25.1 Å². The Labute approximate surface area is 224 Å². The molecule has 4 atom stereocenters. The number of carbonyl (C=O) groups excluding carboxylic acids is 3. The van der Waals surface area contributed by atoms with Crippen LogP contribution in [-0.4, -0.2) is 63.6 Å². The van der Waals surface area contributed by atoms with Crippen molar-refractivity contribution in [3.63, 3.8) is 0 Å². The number of hydrogen-bond acceptors (Lipinski definition) is 6. The van der Waals surface area contributed by atoms with Crippen molar-refractivity contribution in [2.75, 3.05) is 6.54 Å². The zero-order chi connectivity index (χ0) is 27.5. The van der Waals surface area contributed by atoms with Gasteiger partial charge in [-0.2, -0.15) is 0 Å². The molecule has 0 N–H and O–H groups in total. The summed E-state index contributed by atoms with van der Waals surface area (Å²) in [6, 6.07) is 18.0. The number of esters is 1. The van der Waals surface area contributed by atoms with Gasteiger partial charge in [-0.15, -0.1) is 0 Å². The molecule has 0 aromatic heterocycles. The summed E-state index contributed by atoms with van der Waals surface area (Å²) in [5.74, 6) is -0.808. The minimum absolute atomic E-state index is 0.0931. The van der Waals surface area contributed by atoms with Crippen molar-refractivity contribution >= 4 is 18.0 Å². The summed E-state index contributed by atoms with van der Waals surface area (Å²) in [5.41, 5.74) is 0.114. The number of β-lactam (4-membered cyclic amide) rings is 1. The third kappa shape index (κ3) is 5.85. The summed E-state index contributed by atoms with van der Waals surface area (Å²) in [6.45, 7) is 9.71. The highest BCUT2D eigenvalue weighted by Gasteiger charge is 2.65. The van der Waals surface area contributed by atoms with Gasteiger partial charge in [-0.25, -0.2) is 9.59 Å². The largest absolute Gasteiger partial charge is 0.459 e. The van der Waals surface area contributed by atoms with E-state index in [1.807, 2.05) is 67.6 Å². The lowest BCUT2D eigenvalue weighted by Gasteiger charge is -2.54. The first-order valence-electron chi connectivity index (χ1n) is 13.2. The molecule has 4 unspecified atom stereocenters. The first-order chi connectivity index (χ1) is 18.0. The molecule has 0 bridgehead atoms. The molecule has 2 fully saturated rings. The normalized spacial score (nSPS) is 22.7. The molecule has 8 nitrogen and oxygen atoms in total. The van der Waals surface area contributed by atoms with E-state index >= 15 is 0 Å². The van der Waals surface area contributed by atoms with Crippen LogP contribution in [0.2, 0.25) is 0 Å². The molecule has 4 rings (SSSR count). The van der Waals surface area contributed by atoms with Crippen LogP contribution in [-0.2, 0) is 37.0 Å². The summed E-state index contributed by atoms with van der Waals surface area (Å²) in [7, 11) is 0. The lowest BCUT2D eigenvalue weighted by molar-refractivity contribution is -0.183. The minimum atomic E-state index is -1.02. The minimum Gasteiger partial charge on any atom is -0.459 e. The molecule has 2 aliphatic rings. The summed E-state index contributed by atoms with van der Waals surface area (Å²) in [4.78, 5) is 43.4. The van der Waals surface area contributed by atoms with Gasteiger partial charge < -0.3 is 19.1 Å². The zero-order valence-corrected chi connectivity index (χ0v) is 22.9. The van der Waals surface area contributed by atoms with Gasteiger partial charge in [-0.3, -0.25) is 9.69 Å². The van der Waals surface area contributed by atoms with Gasteiger partial charge in [-0.05, 0) is 58.6 Å². The number of ether oxygens (including phenoxy) is 3. The number of nitrogens with zero attached hydrogens (tertiary/aromatic N) is 2. The monoisotopic (exact) mass is 522 g/mol. The smallest absolute Gasteiger partial charge is 0.411 e. The molecular formula is C30H38N2O6. The predicted molar refractivity (Wildman–Crippen MR) is 142 cm³/mol. The number of benzene rings is 2. The van der Waals surface area contributed by atoms with Gasteiger partial charge in [0.15, 0.2) is 6.04 Å². The van der Waals surface area contributed by atoms with Crippen molar-refractivity contribution in [1.82, 2.24) is 9.80 Å². The lowest BCUT2D eigenvalue weighted by atomic mass is 9.83. The summed E-state index contributed by atoms with van der Waals surface area (Å²) in [6.07, 6.45) is 0.0659. The van der Waals surface area contributed by atoms with Crippen molar-refractivity contribution in [2.45, 2.75) is 90.0 Å². The van der Waals surface area contributed by atoms with Gasteiger partial charge in [0.25, 0.3) is 5.91 Å². The maximum Gasteiger partial charge on any atom is 0.411 e. The fourth-order valence-electron chi connectivity index (χ4n) is 5.25. The van der Waals surface area contributed by atoms with E-state index in [1.165, 1.54) is 4.90 Å². The standard InChI is InChI=1S/C30H38N2O6/c1-21-16-17-30(32(21)28(35)38-29(3,4)5)20-31(27(30)34)25(22(2)36-18-23-12-8-6-9-13-23)26(33)37-19-24-14-10-7-11-15-24/h6-15,21-22,25H,16-20H2,1-5H3. The lowest BCUT2D eigenvalue weighted by Crippen LogP contribution is -2.77. The summed E-state index contributed by atoms with van der Waals surface area (Å²) in [5, 5.41) is 0. The van der Waals surface area contributed by atoms with E-state index in [0.29, 0.717) is 19.4 Å². The van der Waals surface area contributed by atoms with Crippen LogP contribution in [0.4, 0.5) is 4.79 Å². The Morgan fingerprint density at radius 2 is 1.58 bits per heavy atom. The van der Waals surface area contributed by atoms with Crippen molar-refractivity contribution < 1.29 is 28.6 Å². The third-order valence-electron chi connectivity index (χ3n) is 7.16. The van der Waals surface area contributed by atoms with Crippen LogP contribution in [0.25, 0.3) is 0 Å². The summed E-state index contributed by atoms with van der Waals surface area (Å²) < 4.78 is 17.4. The Kier molecular flexibility index (Phi) is 8.11. The SMILES string of the molecule is CC(OCc1ccccc1)C(C(=O)OCc1ccccc1)N1CC2(CCC(C)N2C(=O)OC(C)(C)C)C1=O. The second-order valence-corrected chi connectivity index (χ2v) is 11.2. The fourth-order valence-corrected chi connectivity index (χ4v) is 5.25. The molecule has 2 aliphatic heterocycles. The number of likely N-dealkylation sites (tertiary alicyclic amines) is 2. The van der Waals surface area contributed by atoms with Crippen molar-refractivity contribution in [1.29, 1.82) is 0 Å². The van der Waals surface area contributed by atoms with Gasteiger partial charge in [-0.1, -0.05) is 60.7 Å².